The van der Waals surface area contributed by atoms with E-state index in [4.69, 9.17) is 16.3 Å². The summed E-state index contributed by atoms with van der Waals surface area (Å²) in [6, 6.07) is 7.69. The Balaban J connectivity index is 1.58. The van der Waals surface area contributed by atoms with Crippen LogP contribution in [0.15, 0.2) is 41.4 Å². The van der Waals surface area contributed by atoms with E-state index in [1.54, 1.807) is 19.3 Å². The lowest BCUT2D eigenvalue weighted by Gasteiger charge is -2.26. The van der Waals surface area contributed by atoms with E-state index in [9.17, 15) is 18.0 Å². The van der Waals surface area contributed by atoms with Crippen molar-refractivity contribution < 1.29 is 22.7 Å². The van der Waals surface area contributed by atoms with Gasteiger partial charge in [0.25, 0.3) is 0 Å². The maximum atomic E-state index is 12.9. The number of rotatable bonds is 8. The van der Waals surface area contributed by atoms with Gasteiger partial charge in [0.15, 0.2) is 0 Å². The van der Waals surface area contributed by atoms with E-state index in [0.717, 1.165) is 5.56 Å². The number of aryl methyl sites for hydroxylation is 1. The summed E-state index contributed by atoms with van der Waals surface area (Å²) in [7, 11) is -2.12. The highest BCUT2D eigenvalue weighted by atomic mass is 35.5. The SMILES string of the molecule is Cc1ccc(NC(=O)CN(C)CC(=O)Nc2cc(S(=O)(=O)N3CCOCC3)ccc2Cl)nc1. The maximum Gasteiger partial charge on any atom is 0.243 e. The van der Waals surface area contributed by atoms with Gasteiger partial charge in [-0.3, -0.25) is 14.5 Å². The Morgan fingerprint density at radius 2 is 1.79 bits per heavy atom. The molecule has 2 heterocycles. The van der Waals surface area contributed by atoms with Crippen molar-refractivity contribution in [3.63, 3.8) is 0 Å². The minimum atomic E-state index is -3.73. The number of morpholine rings is 1. The van der Waals surface area contributed by atoms with Crippen molar-refractivity contribution in [2.75, 3.05) is 57.1 Å². The van der Waals surface area contributed by atoms with E-state index in [2.05, 4.69) is 15.6 Å². The first-order valence-corrected chi connectivity index (χ1v) is 12.1. The second-order valence-corrected chi connectivity index (χ2v) is 9.99. The minimum Gasteiger partial charge on any atom is -0.379 e. The van der Waals surface area contributed by atoms with Gasteiger partial charge in [0.05, 0.1) is 41.9 Å². The molecule has 1 aromatic carbocycles. The van der Waals surface area contributed by atoms with Gasteiger partial charge in [-0.15, -0.1) is 0 Å². The normalized spacial score (nSPS) is 14.8. The maximum absolute atomic E-state index is 12.9. The zero-order chi connectivity index (χ0) is 24.0. The molecule has 0 aliphatic carbocycles. The molecule has 0 spiro atoms. The second-order valence-electron chi connectivity index (χ2n) is 7.65. The summed E-state index contributed by atoms with van der Waals surface area (Å²) >= 11 is 6.17. The van der Waals surface area contributed by atoms with Gasteiger partial charge in [-0.25, -0.2) is 13.4 Å². The molecule has 0 bridgehead atoms. The van der Waals surface area contributed by atoms with Crippen LogP contribution in [0.4, 0.5) is 11.5 Å². The molecule has 178 valence electrons. The summed E-state index contributed by atoms with van der Waals surface area (Å²) in [5, 5.41) is 5.49. The number of hydrogen-bond donors (Lipinski definition) is 2. The molecule has 2 aromatic rings. The molecule has 2 N–H and O–H groups in total. The van der Waals surface area contributed by atoms with Crippen molar-refractivity contribution in [2.24, 2.45) is 0 Å². The van der Waals surface area contributed by atoms with Crippen molar-refractivity contribution in [3.8, 4) is 0 Å². The predicted octanol–water partition coefficient (Wildman–Crippen LogP) is 1.57. The second kappa shape index (κ2) is 11.0. The molecule has 1 saturated heterocycles. The summed E-state index contributed by atoms with van der Waals surface area (Å²) in [6.07, 6.45) is 1.64. The lowest BCUT2D eigenvalue weighted by molar-refractivity contribution is -0.119. The third kappa shape index (κ3) is 6.95. The molecule has 10 nitrogen and oxygen atoms in total. The topological polar surface area (TPSA) is 121 Å². The number of ether oxygens (including phenoxy) is 1. The van der Waals surface area contributed by atoms with Gasteiger partial charge in [-0.05, 0) is 43.8 Å². The van der Waals surface area contributed by atoms with Gasteiger partial charge in [0.1, 0.15) is 5.82 Å². The molecule has 1 aromatic heterocycles. The number of carbonyl (C=O) groups is 2. The molecule has 1 aliphatic rings. The van der Waals surface area contributed by atoms with Gasteiger partial charge in [0.2, 0.25) is 21.8 Å². The van der Waals surface area contributed by atoms with Crippen molar-refractivity contribution in [1.82, 2.24) is 14.2 Å². The zero-order valence-corrected chi connectivity index (χ0v) is 19.9. The lowest BCUT2D eigenvalue weighted by Crippen LogP contribution is -2.40. The average molecular weight is 496 g/mol. The van der Waals surface area contributed by atoms with Gasteiger partial charge >= 0.3 is 0 Å². The van der Waals surface area contributed by atoms with Gasteiger partial charge in [-0.1, -0.05) is 17.7 Å². The molecule has 3 rings (SSSR count). The van der Waals surface area contributed by atoms with Gasteiger partial charge in [-0.2, -0.15) is 4.31 Å². The van der Waals surface area contributed by atoms with Crippen LogP contribution in [0.2, 0.25) is 5.02 Å². The van der Waals surface area contributed by atoms with Gasteiger partial charge < -0.3 is 15.4 Å². The van der Waals surface area contributed by atoms with E-state index in [-0.39, 0.29) is 47.7 Å². The summed E-state index contributed by atoms with van der Waals surface area (Å²) in [4.78, 5) is 30.3. The fourth-order valence-electron chi connectivity index (χ4n) is 3.16. The van der Waals surface area contributed by atoms with Crippen LogP contribution in [-0.4, -0.2) is 80.9 Å². The summed E-state index contributed by atoms with van der Waals surface area (Å²) < 4.78 is 32.3. The standard InChI is InChI=1S/C21H26ClN5O5S/c1-15-3-6-19(23-12-15)25-21(29)14-26(2)13-20(28)24-18-11-16(4-5-17(18)22)33(30,31)27-7-9-32-10-8-27/h3-6,11-12H,7-10,13-14H2,1-2H3,(H,24,28)(H,23,25,29). The molecule has 2 amide bonds. The van der Waals surface area contributed by atoms with Crippen LogP contribution in [0.25, 0.3) is 0 Å². The molecular formula is C21H26ClN5O5S. The molecule has 1 fully saturated rings. The summed E-state index contributed by atoms with van der Waals surface area (Å²) in [5.41, 5.74) is 1.15. The van der Waals surface area contributed by atoms with Crippen LogP contribution in [0.5, 0.6) is 0 Å². The number of hydrogen-bond acceptors (Lipinski definition) is 7. The summed E-state index contributed by atoms with van der Waals surface area (Å²) in [5.74, 6) is -0.339. The predicted molar refractivity (Wildman–Crippen MR) is 125 cm³/mol. The number of anilines is 2. The van der Waals surface area contributed by atoms with Crippen LogP contribution in [0.1, 0.15) is 5.56 Å². The monoisotopic (exact) mass is 495 g/mol. The first-order valence-electron chi connectivity index (χ1n) is 10.2. The number of likely N-dealkylation sites (N-methyl/N-ethyl adjacent to an activating group) is 1. The number of halogens is 1. The van der Waals surface area contributed by atoms with Crippen molar-refractivity contribution in [3.05, 3.63) is 47.1 Å². The number of pyridine rings is 1. The molecule has 0 unspecified atom stereocenters. The molecule has 0 atom stereocenters. The van der Waals surface area contributed by atoms with Crippen LogP contribution < -0.4 is 10.6 Å². The van der Waals surface area contributed by atoms with Crippen LogP contribution >= 0.6 is 11.6 Å². The van der Waals surface area contributed by atoms with Crippen molar-refractivity contribution in [1.29, 1.82) is 0 Å². The number of nitrogens with zero attached hydrogens (tertiary/aromatic N) is 3. The number of benzene rings is 1. The van der Waals surface area contributed by atoms with E-state index in [1.807, 2.05) is 13.0 Å². The van der Waals surface area contributed by atoms with E-state index < -0.39 is 15.9 Å². The molecule has 0 saturated carbocycles. The van der Waals surface area contributed by atoms with E-state index >= 15 is 0 Å². The smallest absolute Gasteiger partial charge is 0.243 e. The molecular weight excluding hydrogens is 470 g/mol. The molecule has 33 heavy (non-hydrogen) atoms. The van der Waals surface area contributed by atoms with E-state index in [0.29, 0.717) is 19.0 Å². The van der Waals surface area contributed by atoms with E-state index in [1.165, 1.54) is 27.4 Å². The first kappa shape index (κ1) is 25.1. The number of amides is 2. The van der Waals surface area contributed by atoms with Crippen LogP contribution in [-0.2, 0) is 24.3 Å². The van der Waals surface area contributed by atoms with Crippen LogP contribution in [0.3, 0.4) is 0 Å². The van der Waals surface area contributed by atoms with Gasteiger partial charge in [0, 0.05) is 19.3 Å². The first-order chi connectivity index (χ1) is 15.6. The Morgan fingerprint density at radius 3 is 2.42 bits per heavy atom. The van der Waals surface area contributed by atoms with Crippen LogP contribution in [0, 0.1) is 6.92 Å². The fourth-order valence-corrected chi connectivity index (χ4v) is 4.76. The Hall–Kier alpha value is -2.57. The number of nitrogens with one attached hydrogen (secondary N) is 2. The molecule has 1 aliphatic heterocycles. The Morgan fingerprint density at radius 1 is 1.12 bits per heavy atom. The quantitative estimate of drug-likeness (QED) is 0.570. The fraction of sp³-hybridized carbons (Fsp3) is 0.381. The van der Waals surface area contributed by atoms with Crippen molar-refractivity contribution >= 4 is 44.9 Å². The molecule has 0 radical (unpaired) electrons. The number of carbonyl (C=O) groups excluding carboxylic acids is 2. The highest BCUT2D eigenvalue weighted by molar-refractivity contribution is 7.89. The number of aromatic nitrogens is 1. The third-order valence-electron chi connectivity index (χ3n) is 4.83. The lowest BCUT2D eigenvalue weighted by atomic mass is 10.3. The van der Waals surface area contributed by atoms with Crippen molar-refractivity contribution in [2.45, 2.75) is 11.8 Å². The number of sulfonamides is 1. The minimum absolute atomic E-state index is 0.0300. The Bertz CT molecular complexity index is 1100. The average Bonchev–Trinajstić information content (AvgIpc) is 2.77. The Labute approximate surface area is 197 Å². The zero-order valence-electron chi connectivity index (χ0n) is 18.4. The summed E-state index contributed by atoms with van der Waals surface area (Å²) in [6.45, 7) is 2.93. The highest BCUT2D eigenvalue weighted by Crippen LogP contribution is 2.27. The largest absolute Gasteiger partial charge is 0.379 e. The third-order valence-corrected chi connectivity index (χ3v) is 7.05. The Kier molecular flexibility index (Phi) is 8.38. The molecule has 12 heteroatoms. The highest BCUT2D eigenvalue weighted by Gasteiger charge is 2.27.